The summed E-state index contributed by atoms with van der Waals surface area (Å²) in [6.07, 6.45) is 6.04. The largest absolute Gasteiger partial charge is 0.326 e. The Kier molecular flexibility index (Phi) is 5.49. The van der Waals surface area contributed by atoms with Gasteiger partial charge < -0.3 is 10.6 Å². The zero-order valence-corrected chi connectivity index (χ0v) is 15.1. The normalized spacial score (nSPS) is 28.6. The highest BCUT2D eigenvalue weighted by Crippen LogP contribution is 2.38. The van der Waals surface area contributed by atoms with Crippen LogP contribution >= 0.6 is 22.6 Å². The molecule has 0 bridgehead atoms. The van der Waals surface area contributed by atoms with Crippen LogP contribution < -0.4 is 5.73 Å². The Labute approximate surface area is 137 Å². The Morgan fingerprint density at radius 2 is 1.80 bits per heavy atom. The van der Waals surface area contributed by atoms with Gasteiger partial charge in [-0.05, 0) is 92.4 Å². The molecular weight excluding hydrogens is 359 g/mol. The maximum Gasteiger partial charge on any atom is 0.0357 e. The molecule has 1 atom stereocenters. The Bertz CT molecular complexity index is 419. The summed E-state index contributed by atoms with van der Waals surface area (Å²) in [6.45, 7) is 2.37. The van der Waals surface area contributed by atoms with Crippen molar-refractivity contribution >= 4 is 22.6 Å². The molecule has 0 aliphatic heterocycles. The molecule has 2 rings (SSSR count). The van der Waals surface area contributed by atoms with Crippen molar-refractivity contribution in [1.82, 2.24) is 4.90 Å². The van der Waals surface area contributed by atoms with Gasteiger partial charge in [-0.25, -0.2) is 0 Å². The molecular formula is C17H27IN2. The lowest BCUT2D eigenvalue weighted by Gasteiger charge is -2.48. The highest BCUT2D eigenvalue weighted by Gasteiger charge is 2.41. The summed E-state index contributed by atoms with van der Waals surface area (Å²) in [5.41, 5.74) is 8.19. The summed E-state index contributed by atoms with van der Waals surface area (Å²) < 4.78 is 1.29. The van der Waals surface area contributed by atoms with Gasteiger partial charge in [-0.15, -0.1) is 0 Å². The van der Waals surface area contributed by atoms with E-state index >= 15 is 0 Å². The molecule has 1 aliphatic carbocycles. The zero-order chi connectivity index (χ0) is 14.8. The van der Waals surface area contributed by atoms with Gasteiger partial charge in [0.05, 0.1) is 0 Å². The third-order valence-corrected chi connectivity index (χ3v) is 5.81. The number of nitrogens with zero attached hydrogens (tertiary/aromatic N) is 1. The molecule has 1 fully saturated rings. The van der Waals surface area contributed by atoms with Crippen LogP contribution in [0.3, 0.4) is 0 Å². The van der Waals surface area contributed by atoms with E-state index in [1.165, 1.54) is 34.8 Å². The van der Waals surface area contributed by atoms with Gasteiger partial charge in [-0.2, -0.15) is 0 Å². The second-order valence-electron chi connectivity index (χ2n) is 6.62. The fraction of sp³-hybridized carbons (Fsp3) is 0.647. The standard InChI is InChI=1S/C17H27IN2/c1-13-8-10-17(11-9-13,20(2)3)16(19)12-14-4-6-15(18)7-5-14/h4-7,13,16H,8-12,19H2,1-3H3. The van der Waals surface area contributed by atoms with E-state index < -0.39 is 0 Å². The first-order chi connectivity index (χ1) is 9.44. The van der Waals surface area contributed by atoms with Crippen molar-refractivity contribution in [2.24, 2.45) is 11.7 Å². The van der Waals surface area contributed by atoms with Crippen LogP contribution in [0, 0.1) is 9.49 Å². The second kappa shape index (κ2) is 6.75. The molecule has 1 unspecified atom stereocenters. The average Bonchev–Trinajstić information content (AvgIpc) is 2.42. The molecule has 0 spiro atoms. The number of hydrogen-bond donors (Lipinski definition) is 1. The molecule has 3 heteroatoms. The molecule has 0 heterocycles. The molecule has 1 saturated carbocycles. The summed E-state index contributed by atoms with van der Waals surface area (Å²) in [5, 5.41) is 0. The van der Waals surface area contributed by atoms with E-state index in [4.69, 9.17) is 5.73 Å². The van der Waals surface area contributed by atoms with Crippen LogP contribution in [0.15, 0.2) is 24.3 Å². The summed E-state index contributed by atoms with van der Waals surface area (Å²) in [5.74, 6) is 0.855. The molecule has 0 saturated heterocycles. The number of halogens is 1. The molecule has 1 aromatic rings. The molecule has 0 aromatic heterocycles. The summed E-state index contributed by atoms with van der Waals surface area (Å²) >= 11 is 2.35. The van der Waals surface area contributed by atoms with Crippen molar-refractivity contribution in [2.75, 3.05) is 14.1 Å². The Balaban J connectivity index is 2.11. The molecule has 112 valence electrons. The van der Waals surface area contributed by atoms with Crippen LogP contribution in [0.1, 0.15) is 38.2 Å². The predicted octanol–water partition coefficient (Wildman–Crippen LogP) is 3.67. The van der Waals surface area contributed by atoms with Crippen molar-refractivity contribution < 1.29 is 0 Å². The van der Waals surface area contributed by atoms with Gasteiger partial charge >= 0.3 is 0 Å². The van der Waals surface area contributed by atoms with Gasteiger partial charge in [0.1, 0.15) is 0 Å². The minimum atomic E-state index is 0.176. The first kappa shape index (κ1) is 16.2. The van der Waals surface area contributed by atoms with Gasteiger partial charge in [0, 0.05) is 15.2 Å². The third-order valence-electron chi connectivity index (χ3n) is 5.09. The highest BCUT2D eigenvalue weighted by atomic mass is 127. The molecule has 2 N–H and O–H groups in total. The van der Waals surface area contributed by atoms with Crippen LogP contribution in [0.2, 0.25) is 0 Å². The van der Waals surface area contributed by atoms with Gasteiger partial charge in [0.2, 0.25) is 0 Å². The summed E-state index contributed by atoms with van der Waals surface area (Å²) in [7, 11) is 4.40. The van der Waals surface area contributed by atoms with Gasteiger partial charge in [-0.1, -0.05) is 19.1 Å². The smallest absolute Gasteiger partial charge is 0.0357 e. The van der Waals surface area contributed by atoms with Crippen LogP contribution in [0.4, 0.5) is 0 Å². The number of benzene rings is 1. The van der Waals surface area contributed by atoms with Crippen molar-refractivity contribution in [2.45, 2.75) is 50.6 Å². The first-order valence-corrected chi connectivity index (χ1v) is 8.69. The monoisotopic (exact) mass is 386 g/mol. The molecule has 0 radical (unpaired) electrons. The predicted molar refractivity (Wildman–Crippen MR) is 94.9 cm³/mol. The van der Waals surface area contributed by atoms with E-state index in [2.05, 4.69) is 72.8 Å². The maximum atomic E-state index is 6.66. The van der Waals surface area contributed by atoms with Gasteiger partial charge in [0.15, 0.2) is 0 Å². The molecule has 0 amide bonds. The molecule has 1 aromatic carbocycles. The van der Waals surface area contributed by atoms with E-state index in [1.807, 2.05) is 0 Å². The fourth-order valence-electron chi connectivity index (χ4n) is 3.48. The molecule has 1 aliphatic rings. The van der Waals surface area contributed by atoms with Gasteiger partial charge in [0.25, 0.3) is 0 Å². The summed E-state index contributed by atoms with van der Waals surface area (Å²) in [4.78, 5) is 2.39. The van der Waals surface area contributed by atoms with Crippen LogP contribution in [-0.4, -0.2) is 30.6 Å². The minimum Gasteiger partial charge on any atom is -0.326 e. The Hall–Kier alpha value is -0.130. The van der Waals surface area contributed by atoms with Crippen molar-refractivity contribution in [3.05, 3.63) is 33.4 Å². The van der Waals surface area contributed by atoms with Crippen molar-refractivity contribution in [3.8, 4) is 0 Å². The number of hydrogen-bond acceptors (Lipinski definition) is 2. The lowest BCUT2D eigenvalue weighted by molar-refractivity contribution is 0.0568. The van der Waals surface area contributed by atoms with E-state index in [9.17, 15) is 0 Å². The quantitative estimate of drug-likeness (QED) is 0.801. The van der Waals surface area contributed by atoms with E-state index in [0.717, 1.165) is 12.3 Å². The van der Waals surface area contributed by atoms with E-state index in [0.29, 0.717) is 0 Å². The second-order valence-corrected chi connectivity index (χ2v) is 7.86. The zero-order valence-electron chi connectivity index (χ0n) is 12.9. The topological polar surface area (TPSA) is 29.3 Å². The maximum absolute atomic E-state index is 6.66. The van der Waals surface area contributed by atoms with Crippen LogP contribution in [0.25, 0.3) is 0 Å². The van der Waals surface area contributed by atoms with E-state index in [1.54, 1.807) is 0 Å². The van der Waals surface area contributed by atoms with Gasteiger partial charge in [-0.3, -0.25) is 0 Å². The molecule has 20 heavy (non-hydrogen) atoms. The lowest BCUT2D eigenvalue weighted by Crippen LogP contribution is -2.59. The number of likely N-dealkylation sites (N-methyl/N-ethyl adjacent to an activating group) is 1. The average molecular weight is 386 g/mol. The number of rotatable bonds is 4. The summed E-state index contributed by atoms with van der Waals surface area (Å²) in [6, 6.07) is 9.00. The van der Waals surface area contributed by atoms with E-state index in [-0.39, 0.29) is 11.6 Å². The van der Waals surface area contributed by atoms with Crippen LogP contribution in [0.5, 0.6) is 0 Å². The SMILES string of the molecule is CC1CCC(C(N)Cc2ccc(I)cc2)(N(C)C)CC1. The Morgan fingerprint density at radius 3 is 2.30 bits per heavy atom. The fourth-order valence-corrected chi connectivity index (χ4v) is 3.84. The number of nitrogens with two attached hydrogens (primary N) is 1. The van der Waals surface area contributed by atoms with Crippen molar-refractivity contribution in [1.29, 1.82) is 0 Å². The minimum absolute atomic E-state index is 0.176. The first-order valence-electron chi connectivity index (χ1n) is 7.61. The van der Waals surface area contributed by atoms with Crippen LogP contribution in [-0.2, 0) is 6.42 Å². The van der Waals surface area contributed by atoms with Crippen molar-refractivity contribution in [3.63, 3.8) is 0 Å². The Morgan fingerprint density at radius 1 is 1.25 bits per heavy atom. The lowest BCUT2D eigenvalue weighted by atomic mass is 9.71. The third kappa shape index (κ3) is 3.55. The highest BCUT2D eigenvalue weighted by molar-refractivity contribution is 14.1. The molecule has 2 nitrogen and oxygen atoms in total.